The molecule has 7 nitrogen and oxygen atoms in total. The van der Waals surface area contributed by atoms with Crippen molar-refractivity contribution in [3.05, 3.63) is 83.3 Å². The predicted molar refractivity (Wildman–Crippen MR) is 120 cm³/mol. The number of rotatable bonds is 6. The summed E-state index contributed by atoms with van der Waals surface area (Å²) in [6, 6.07) is 14.9. The number of ether oxygens (including phenoxy) is 2. The van der Waals surface area contributed by atoms with Crippen LogP contribution in [-0.4, -0.2) is 34.5 Å². The molecule has 4 aromatic rings. The first-order chi connectivity index (χ1) is 15.0. The fraction of sp³-hybridized carbons (Fsp3) is 0.130. The number of carbonyl (C=O) groups excluding carboxylic acids is 1. The largest absolute Gasteiger partial charge is 0.495 e. The Balaban J connectivity index is 1.76. The Morgan fingerprint density at radius 3 is 2.35 bits per heavy atom. The average molecular weight is 437 g/mol. The summed E-state index contributed by atoms with van der Waals surface area (Å²) in [5.74, 6) is 1.16. The van der Waals surface area contributed by atoms with Gasteiger partial charge in [0.1, 0.15) is 17.1 Å². The first-order valence-electron chi connectivity index (χ1n) is 9.53. The van der Waals surface area contributed by atoms with E-state index in [4.69, 9.17) is 21.1 Å². The van der Waals surface area contributed by atoms with Crippen LogP contribution in [0.3, 0.4) is 0 Å². The normalized spacial score (nSPS) is 10.7. The zero-order valence-corrected chi connectivity index (χ0v) is 18.1. The minimum absolute atomic E-state index is 0.346. The van der Waals surface area contributed by atoms with Crippen LogP contribution in [0.15, 0.2) is 67.1 Å². The summed E-state index contributed by atoms with van der Waals surface area (Å²) >= 11 is 6.24. The van der Waals surface area contributed by atoms with Crippen LogP contribution >= 0.6 is 11.6 Å². The molecule has 31 heavy (non-hydrogen) atoms. The highest BCUT2D eigenvalue weighted by molar-refractivity contribution is 6.32. The third-order valence-corrected chi connectivity index (χ3v) is 5.13. The second-order valence-corrected chi connectivity index (χ2v) is 7.27. The van der Waals surface area contributed by atoms with E-state index in [1.54, 1.807) is 23.0 Å². The van der Waals surface area contributed by atoms with E-state index >= 15 is 0 Å². The molecule has 0 unspecified atom stereocenters. The van der Waals surface area contributed by atoms with Crippen molar-refractivity contribution >= 4 is 23.2 Å². The number of benzene rings is 2. The van der Waals surface area contributed by atoms with Crippen molar-refractivity contribution in [2.45, 2.75) is 6.92 Å². The number of aromatic nitrogens is 3. The maximum atomic E-state index is 13.3. The van der Waals surface area contributed by atoms with Crippen LogP contribution in [0.1, 0.15) is 15.9 Å². The van der Waals surface area contributed by atoms with E-state index < -0.39 is 0 Å². The molecular weight excluding hydrogens is 416 g/mol. The van der Waals surface area contributed by atoms with Gasteiger partial charge in [0, 0.05) is 18.5 Å². The fourth-order valence-corrected chi connectivity index (χ4v) is 3.49. The summed E-state index contributed by atoms with van der Waals surface area (Å²) < 4.78 is 14.2. The van der Waals surface area contributed by atoms with Crippen LogP contribution < -0.4 is 14.8 Å². The molecule has 0 fully saturated rings. The molecular formula is C23H21ClN4O3. The lowest BCUT2D eigenvalue weighted by Crippen LogP contribution is -2.16. The highest BCUT2D eigenvalue weighted by atomic mass is 35.5. The number of nitrogens with one attached hydrogen (secondary N) is 1. The van der Waals surface area contributed by atoms with E-state index in [1.165, 1.54) is 14.2 Å². The van der Waals surface area contributed by atoms with Crippen LogP contribution in [0.2, 0.25) is 5.02 Å². The zero-order valence-electron chi connectivity index (χ0n) is 17.3. The Morgan fingerprint density at radius 1 is 1.03 bits per heavy atom. The first kappa shape index (κ1) is 20.6. The second-order valence-electron chi connectivity index (χ2n) is 6.86. The Labute approximate surface area is 184 Å². The van der Waals surface area contributed by atoms with Gasteiger partial charge >= 0.3 is 0 Å². The standard InChI is InChI=1S/C23H21ClN4O3/c1-15-6-8-16(9-7-15)28-23(27-10-4-5-11-27)17(14-25-28)22(29)26-19-12-18(24)20(30-2)13-21(19)31-3/h4-14H,1-3H3,(H,26,29). The minimum Gasteiger partial charge on any atom is -0.495 e. The molecule has 0 saturated carbocycles. The molecule has 0 aliphatic rings. The zero-order chi connectivity index (χ0) is 22.0. The molecule has 0 spiro atoms. The van der Waals surface area contributed by atoms with Gasteiger partial charge < -0.3 is 19.4 Å². The molecule has 1 N–H and O–H groups in total. The molecule has 0 bridgehead atoms. The van der Waals surface area contributed by atoms with Crippen LogP contribution in [0, 0.1) is 6.92 Å². The molecule has 158 valence electrons. The summed E-state index contributed by atoms with van der Waals surface area (Å²) in [4.78, 5) is 13.3. The number of halogens is 1. The van der Waals surface area contributed by atoms with E-state index in [-0.39, 0.29) is 5.91 Å². The van der Waals surface area contributed by atoms with Gasteiger partial charge in [0.25, 0.3) is 5.91 Å². The van der Waals surface area contributed by atoms with Gasteiger partial charge in [0.2, 0.25) is 0 Å². The molecule has 0 radical (unpaired) electrons. The average Bonchev–Trinajstić information content (AvgIpc) is 3.44. The predicted octanol–water partition coefficient (Wildman–Crippen LogP) is 4.89. The molecule has 2 aromatic carbocycles. The fourth-order valence-electron chi connectivity index (χ4n) is 3.25. The topological polar surface area (TPSA) is 70.3 Å². The van der Waals surface area contributed by atoms with Crippen molar-refractivity contribution in [1.29, 1.82) is 0 Å². The van der Waals surface area contributed by atoms with Gasteiger partial charge in [-0.1, -0.05) is 29.3 Å². The Hall–Kier alpha value is -3.71. The molecule has 0 saturated heterocycles. The van der Waals surface area contributed by atoms with Crippen molar-refractivity contribution in [2.75, 3.05) is 19.5 Å². The van der Waals surface area contributed by atoms with Crippen LogP contribution in [-0.2, 0) is 0 Å². The van der Waals surface area contributed by atoms with Crippen molar-refractivity contribution in [3.63, 3.8) is 0 Å². The first-order valence-corrected chi connectivity index (χ1v) is 9.91. The number of methoxy groups -OCH3 is 2. The van der Waals surface area contributed by atoms with Gasteiger partial charge in [-0.3, -0.25) is 4.79 Å². The van der Waals surface area contributed by atoms with Gasteiger partial charge in [-0.2, -0.15) is 5.10 Å². The maximum Gasteiger partial charge on any atom is 0.261 e. The van der Waals surface area contributed by atoms with E-state index in [0.29, 0.717) is 33.6 Å². The highest BCUT2D eigenvalue weighted by Gasteiger charge is 2.21. The molecule has 0 aliphatic carbocycles. The number of hydrogen-bond donors (Lipinski definition) is 1. The third kappa shape index (κ3) is 4.00. The monoisotopic (exact) mass is 436 g/mol. The highest BCUT2D eigenvalue weighted by Crippen LogP contribution is 2.36. The third-order valence-electron chi connectivity index (χ3n) is 4.84. The molecule has 2 heterocycles. The molecule has 4 rings (SSSR count). The van der Waals surface area contributed by atoms with Crippen molar-refractivity contribution in [1.82, 2.24) is 14.3 Å². The molecule has 0 aliphatic heterocycles. The second kappa shape index (κ2) is 8.57. The van der Waals surface area contributed by atoms with Crippen LogP contribution in [0.25, 0.3) is 11.5 Å². The Kier molecular flexibility index (Phi) is 5.68. The van der Waals surface area contributed by atoms with Crippen LogP contribution in [0.5, 0.6) is 11.5 Å². The lowest BCUT2D eigenvalue weighted by Gasteiger charge is -2.14. The number of anilines is 1. The summed E-state index contributed by atoms with van der Waals surface area (Å²) in [7, 11) is 3.03. The molecule has 8 heteroatoms. The van der Waals surface area contributed by atoms with E-state index in [9.17, 15) is 4.79 Å². The lowest BCUT2D eigenvalue weighted by atomic mass is 10.2. The lowest BCUT2D eigenvalue weighted by molar-refractivity contribution is 0.102. The Bertz CT molecular complexity index is 1210. The molecule has 1 amide bonds. The number of aryl methyl sites for hydroxylation is 1. The van der Waals surface area contributed by atoms with Gasteiger partial charge in [-0.05, 0) is 37.3 Å². The quantitative estimate of drug-likeness (QED) is 0.467. The summed E-state index contributed by atoms with van der Waals surface area (Å²) in [6.07, 6.45) is 5.27. The van der Waals surface area contributed by atoms with Crippen molar-refractivity contribution in [2.24, 2.45) is 0 Å². The van der Waals surface area contributed by atoms with Gasteiger partial charge in [0.15, 0.2) is 5.82 Å². The van der Waals surface area contributed by atoms with E-state index in [0.717, 1.165) is 11.3 Å². The molecule has 0 atom stereocenters. The van der Waals surface area contributed by atoms with Gasteiger partial charge in [-0.25, -0.2) is 4.68 Å². The van der Waals surface area contributed by atoms with Crippen molar-refractivity contribution < 1.29 is 14.3 Å². The van der Waals surface area contributed by atoms with E-state index in [2.05, 4.69) is 10.4 Å². The number of amides is 1. The Morgan fingerprint density at radius 2 is 1.71 bits per heavy atom. The summed E-state index contributed by atoms with van der Waals surface area (Å²) in [5, 5.41) is 7.72. The summed E-state index contributed by atoms with van der Waals surface area (Å²) in [5.41, 5.74) is 2.81. The SMILES string of the molecule is COc1cc(OC)c(NC(=O)c2cnn(-c3ccc(C)cc3)c2-n2cccc2)cc1Cl. The number of nitrogens with zero attached hydrogens (tertiary/aromatic N) is 3. The molecule has 2 aromatic heterocycles. The van der Waals surface area contributed by atoms with Crippen molar-refractivity contribution in [3.8, 4) is 23.0 Å². The summed E-state index contributed by atoms with van der Waals surface area (Å²) in [6.45, 7) is 2.02. The number of carbonyl (C=O) groups is 1. The maximum absolute atomic E-state index is 13.3. The van der Waals surface area contributed by atoms with Crippen LogP contribution in [0.4, 0.5) is 5.69 Å². The van der Waals surface area contributed by atoms with Gasteiger partial charge in [0.05, 0.1) is 36.8 Å². The van der Waals surface area contributed by atoms with E-state index in [1.807, 2.05) is 60.3 Å². The van der Waals surface area contributed by atoms with Gasteiger partial charge in [-0.15, -0.1) is 0 Å². The number of hydrogen-bond acceptors (Lipinski definition) is 4. The smallest absolute Gasteiger partial charge is 0.261 e. The minimum atomic E-state index is -0.346.